The van der Waals surface area contributed by atoms with E-state index in [1.54, 1.807) is 6.20 Å². The van der Waals surface area contributed by atoms with Crippen LogP contribution in [-0.2, 0) is 0 Å². The van der Waals surface area contributed by atoms with E-state index in [9.17, 15) is 4.79 Å². The largest absolute Gasteiger partial charge is 0.396 e. The summed E-state index contributed by atoms with van der Waals surface area (Å²) in [5, 5.41) is 3.19. The molecule has 5 nitrogen and oxygen atoms in total. The molecule has 2 aliphatic heterocycles. The van der Waals surface area contributed by atoms with Crippen LogP contribution in [0, 0.1) is 0 Å². The zero-order chi connectivity index (χ0) is 14.4. The fourth-order valence-corrected chi connectivity index (χ4v) is 4.59. The van der Waals surface area contributed by atoms with Crippen molar-refractivity contribution in [2.45, 2.75) is 31.3 Å². The predicted molar refractivity (Wildman–Crippen MR) is 84.5 cm³/mol. The third-order valence-corrected chi connectivity index (χ3v) is 5.77. The number of rotatable bonds is 2. The number of carbonyl (C=O) groups is 1. The van der Waals surface area contributed by atoms with E-state index in [4.69, 9.17) is 5.73 Å². The number of hydrogen-bond acceptors (Lipinski definition) is 5. The van der Waals surface area contributed by atoms with Crippen LogP contribution in [0.5, 0.6) is 0 Å². The van der Waals surface area contributed by atoms with Crippen LogP contribution in [0.4, 0.5) is 5.69 Å². The number of nitrogen functional groups attached to an aromatic ring is 1. The van der Waals surface area contributed by atoms with Gasteiger partial charge in [0.05, 0.1) is 10.4 Å². The fraction of sp³-hybridized carbons (Fsp3) is 0.467. The summed E-state index contributed by atoms with van der Waals surface area (Å²) in [4.78, 5) is 19.9. The second kappa shape index (κ2) is 4.96. The van der Waals surface area contributed by atoms with E-state index in [0.717, 1.165) is 23.2 Å². The van der Waals surface area contributed by atoms with Crippen LogP contribution < -0.4 is 11.1 Å². The number of nitrogens with two attached hydrogens (primary N) is 1. The molecule has 2 aromatic heterocycles. The first kappa shape index (κ1) is 13.0. The van der Waals surface area contributed by atoms with E-state index in [2.05, 4.69) is 15.2 Å². The van der Waals surface area contributed by atoms with E-state index in [0.29, 0.717) is 16.6 Å². The Balaban J connectivity index is 1.58. The molecule has 4 heterocycles. The van der Waals surface area contributed by atoms with Gasteiger partial charge in [0, 0.05) is 24.8 Å². The molecule has 0 aromatic carbocycles. The Hall–Kier alpha value is -1.66. The molecule has 0 bridgehead atoms. The molecule has 0 radical (unpaired) electrons. The van der Waals surface area contributed by atoms with Gasteiger partial charge in [-0.25, -0.2) is 0 Å². The minimum Gasteiger partial charge on any atom is -0.396 e. The zero-order valence-corrected chi connectivity index (χ0v) is 12.5. The Bertz CT molecular complexity index is 698. The van der Waals surface area contributed by atoms with Crippen LogP contribution in [0.25, 0.3) is 10.2 Å². The number of nitrogens with one attached hydrogen (secondary N) is 1. The maximum atomic E-state index is 12.6. The molecule has 2 aliphatic rings. The molecule has 0 aliphatic carbocycles. The Morgan fingerprint density at radius 1 is 1.43 bits per heavy atom. The average molecular weight is 302 g/mol. The summed E-state index contributed by atoms with van der Waals surface area (Å²) in [6.07, 6.45) is 5.18. The van der Waals surface area contributed by atoms with Crippen LogP contribution >= 0.6 is 11.3 Å². The number of hydrogen-bond donors (Lipinski definition) is 2. The summed E-state index contributed by atoms with van der Waals surface area (Å²) in [5.41, 5.74) is 7.34. The summed E-state index contributed by atoms with van der Waals surface area (Å²) in [5.74, 6) is -0.0470. The van der Waals surface area contributed by atoms with Crippen LogP contribution in [-0.4, -0.2) is 41.0 Å². The van der Waals surface area contributed by atoms with Gasteiger partial charge in [-0.3, -0.25) is 14.7 Å². The van der Waals surface area contributed by atoms with Crippen LogP contribution in [0.15, 0.2) is 18.3 Å². The minimum absolute atomic E-state index is 0.0470. The summed E-state index contributed by atoms with van der Waals surface area (Å²) in [6.45, 7) is 2.27. The van der Waals surface area contributed by atoms with E-state index in [1.165, 1.54) is 30.7 Å². The number of amides is 1. The van der Waals surface area contributed by atoms with Crippen molar-refractivity contribution in [3.63, 3.8) is 0 Å². The van der Waals surface area contributed by atoms with Crippen molar-refractivity contribution >= 4 is 33.1 Å². The SMILES string of the molecule is Nc1c(C(=O)NC2CCN3CCCC23)sc2cccnc12. The number of pyridine rings is 1. The summed E-state index contributed by atoms with van der Waals surface area (Å²) >= 11 is 1.43. The Morgan fingerprint density at radius 2 is 2.33 bits per heavy atom. The van der Waals surface area contributed by atoms with Gasteiger partial charge in [0.25, 0.3) is 5.91 Å². The van der Waals surface area contributed by atoms with Gasteiger partial charge in [0.15, 0.2) is 0 Å². The molecule has 3 N–H and O–H groups in total. The van der Waals surface area contributed by atoms with E-state index in [1.807, 2.05) is 12.1 Å². The molecule has 2 unspecified atom stereocenters. The van der Waals surface area contributed by atoms with Crippen molar-refractivity contribution in [3.05, 3.63) is 23.2 Å². The van der Waals surface area contributed by atoms with Gasteiger partial charge in [0.1, 0.15) is 10.4 Å². The van der Waals surface area contributed by atoms with Crippen molar-refractivity contribution in [3.8, 4) is 0 Å². The quantitative estimate of drug-likeness (QED) is 0.888. The number of nitrogens with zero attached hydrogens (tertiary/aromatic N) is 2. The number of fused-ring (bicyclic) bond motifs is 2. The molecule has 4 rings (SSSR count). The predicted octanol–water partition coefficient (Wildman–Crippen LogP) is 1.85. The van der Waals surface area contributed by atoms with Crippen LogP contribution in [0.2, 0.25) is 0 Å². The first-order valence-electron chi connectivity index (χ1n) is 7.42. The summed E-state index contributed by atoms with van der Waals surface area (Å²) < 4.78 is 0.967. The lowest BCUT2D eigenvalue weighted by molar-refractivity contribution is 0.0934. The highest BCUT2D eigenvalue weighted by Gasteiger charge is 2.38. The van der Waals surface area contributed by atoms with Gasteiger partial charge in [-0.05, 0) is 37.9 Å². The lowest BCUT2D eigenvalue weighted by Crippen LogP contribution is -2.42. The van der Waals surface area contributed by atoms with Gasteiger partial charge in [-0.15, -0.1) is 11.3 Å². The molecule has 6 heteroatoms. The molecule has 2 aromatic rings. The fourth-order valence-electron chi connectivity index (χ4n) is 3.60. The van der Waals surface area contributed by atoms with Crippen molar-refractivity contribution in [2.24, 2.45) is 0 Å². The van der Waals surface area contributed by atoms with Gasteiger partial charge in [-0.2, -0.15) is 0 Å². The standard InChI is InChI=1S/C15H18N4OS/c16-12-13-11(4-1-6-17-13)21-14(12)15(20)18-9-5-8-19-7-2-3-10(9)19/h1,4,6,9-10H,2-3,5,7-8,16H2,(H,18,20). The molecular weight excluding hydrogens is 284 g/mol. The third kappa shape index (κ3) is 2.10. The molecule has 2 saturated heterocycles. The molecule has 21 heavy (non-hydrogen) atoms. The first-order valence-corrected chi connectivity index (χ1v) is 8.23. The lowest BCUT2D eigenvalue weighted by atomic mass is 10.1. The monoisotopic (exact) mass is 302 g/mol. The van der Waals surface area contributed by atoms with Gasteiger partial charge in [-0.1, -0.05) is 0 Å². The summed E-state index contributed by atoms with van der Waals surface area (Å²) in [7, 11) is 0. The van der Waals surface area contributed by atoms with Gasteiger partial charge >= 0.3 is 0 Å². The highest BCUT2D eigenvalue weighted by molar-refractivity contribution is 7.21. The molecule has 0 spiro atoms. The second-order valence-corrected chi connectivity index (χ2v) is 6.86. The molecular formula is C15H18N4OS. The van der Waals surface area contributed by atoms with E-state index in [-0.39, 0.29) is 11.9 Å². The van der Waals surface area contributed by atoms with Crippen LogP contribution in [0.3, 0.4) is 0 Å². The third-order valence-electron chi connectivity index (χ3n) is 4.61. The van der Waals surface area contributed by atoms with Crippen LogP contribution in [0.1, 0.15) is 28.9 Å². The van der Waals surface area contributed by atoms with Gasteiger partial charge in [0.2, 0.25) is 0 Å². The van der Waals surface area contributed by atoms with E-state index >= 15 is 0 Å². The molecule has 1 amide bonds. The first-order chi connectivity index (χ1) is 10.2. The minimum atomic E-state index is -0.0470. The average Bonchev–Trinajstić information content (AvgIpc) is 3.16. The highest BCUT2D eigenvalue weighted by Crippen LogP contribution is 2.33. The number of carbonyl (C=O) groups excluding carboxylic acids is 1. The maximum absolute atomic E-state index is 12.6. The Morgan fingerprint density at radius 3 is 3.19 bits per heavy atom. The van der Waals surface area contributed by atoms with Crippen molar-refractivity contribution in [1.29, 1.82) is 0 Å². The topological polar surface area (TPSA) is 71.2 Å². The van der Waals surface area contributed by atoms with Crippen molar-refractivity contribution in [2.75, 3.05) is 18.8 Å². The summed E-state index contributed by atoms with van der Waals surface area (Å²) in [6, 6.07) is 4.60. The van der Waals surface area contributed by atoms with Crippen molar-refractivity contribution < 1.29 is 4.79 Å². The number of aromatic nitrogens is 1. The normalized spacial score (nSPS) is 25.3. The molecule has 2 fully saturated rings. The smallest absolute Gasteiger partial charge is 0.263 e. The molecule has 2 atom stereocenters. The zero-order valence-electron chi connectivity index (χ0n) is 11.7. The highest BCUT2D eigenvalue weighted by atomic mass is 32.1. The maximum Gasteiger partial charge on any atom is 0.263 e. The Labute approximate surface area is 127 Å². The van der Waals surface area contributed by atoms with Crippen molar-refractivity contribution in [1.82, 2.24) is 15.2 Å². The molecule has 0 saturated carbocycles. The number of anilines is 1. The van der Waals surface area contributed by atoms with E-state index < -0.39 is 0 Å². The Kier molecular flexibility index (Phi) is 3.08. The second-order valence-electron chi connectivity index (χ2n) is 5.81. The lowest BCUT2D eigenvalue weighted by Gasteiger charge is -2.21. The number of thiophene rings is 1. The van der Waals surface area contributed by atoms with Gasteiger partial charge < -0.3 is 11.1 Å². The molecule has 110 valence electrons.